The molecule has 2 amide bonds. The molecule has 0 saturated carbocycles. The molecule has 0 radical (unpaired) electrons. The second-order valence-corrected chi connectivity index (χ2v) is 7.09. The molecule has 1 aliphatic heterocycles. The molecule has 158 valence electrons. The summed E-state index contributed by atoms with van der Waals surface area (Å²) in [6, 6.07) is 11.7. The van der Waals surface area contributed by atoms with Crippen molar-refractivity contribution in [1.29, 1.82) is 0 Å². The minimum atomic E-state index is -0.384. The van der Waals surface area contributed by atoms with Gasteiger partial charge in [0, 0.05) is 37.7 Å². The Hall–Kier alpha value is -3.62. The van der Waals surface area contributed by atoms with Crippen molar-refractivity contribution in [2.24, 2.45) is 5.92 Å². The third kappa shape index (κ3) is 4.86. The number of rotatable bonds is 6. The summed E-state index contributed by atoms with van der Waals surface area (Å²) < 4.78 is 5.22. The van der Waals surface area contributed by atoms with Crippen LogP contribution in [-0.2, 0) is 9.59 Å². The highest BCUT2D eigenvalue weighted by molar-refractivity contribution is 5.95. The van der Waals surface area contributed by atoms with E-state index in [4.69, 9.17) is 4.74 Å². The largest absolute Gasteiger partial charge is 0.495 e. The third-order valence-corrected chi connectivity index (χ3v) is 5.06. The molecule has 0 aliphatic carbocycles. The predicted octanol–water partition coefficient (Wildman–Crippen LogP) is 3.42. The van der Waals surface area contributed by atoms with E-state index in [1.54, 1.807) is 36.4 Å². The van der Waals surface area contributed by atoms with Crippen LogP contribution >= 0.6 is 0 Å². The van der Waals surface area contributed by atoms with Crippen LogP contribution in [0.25, 0.3) is 0 Å². The van der Waals surface area contributed by atoms with E-state index in [-0.39, 0.29) is 28.3 Å². The molecule has 0 unspecified atom stereocenters. The van der Waals surface area contributed by atoms with E-state index in [0.717, 1.165) is 0 Å². The van der Waals surface area contributed by atoms with Crippen LogP contribution in [0.3, 0.4) is 0 Å². The number of nitro groups is 1. The molecule has 1 saturated heterocycles. The second-order valence-electron chi connectivity index (χ2n) is 7.09. The Labute approximate surface area is 174 Å². The number of hydrogen-bond donors (Lipinski definition) is 2. The molecule has 0 aromatic heterocycles. The van der Waals surface area contributed by atoms with Gasteiger partial charge in [-0.25, -0.2) is 0 Å². The molecule has 3 rings (SSSR count). The third-order valence-electron chi connectivity index (χ3n) is 5.06. The van der Waals surface area contributed by atoms with Crippen molar-refractivity contribution < 1.29 is 19.2 Å². The zero-order valence-electron chi connectivity index (χ0n) is 16.9. The SMILES string of the molecule is COc1ccc(NC(=O)C2CCN(c3ccccc3[N+](=O)[O-])CC2)cc1NC(C)=O. The first-order valence-electron chi connectivity index (χ1n) is 9.64. The van der Waals surface area contributed by atoms with Gasteiger partial charge in [-0.05, 0) is 37.1 Å². The van der Waals surface area contributed by atoms with Gasteiger partial charge in [0.1, 0.15) is 11.4 Å². The highest BCUT2D eigenvalue weighted by Gasteiger charge is 2.28. The lowest BCUT2D eigenvalue weighted by Crippen LogP contribution is -2.38. The van der Waals surface area contributed by atoms with E-state index in [2.05, 4.69) is 10.6 Å². The molecule has 1 fully saturated rings. The Balaban J connectivity index is 1.64. The number of nitrogens with one attached hydrogen (secondary N) is 2. The minimum Gasteiger partial charge on any atom is -0.495 e. The summed E-state index contributed by atoms with van der Waals surface area (Å²) in [7, 11) is 1.50. The van der Waals surface area contributed by atoms with Crippen molar-refractivity contribution in [3.05, 3.63) is 52.6 Å². The van der Waals surface area contributed by atoms with E-state index in [9.17, 15) is 19.7 Å². The van der Waals surface area contributed by atoms with Gasteiger partial charge >= 0.3 is 0 Å². The summed E-state index contributed by atoms with van der Waals surface area (Å²) in [6.45, 7) is 2.51. The molecule has 30 heavy (non-hydrogen) atoms. The Morgan fingerprint density at radius 3 is 2.47 bits per heavy atom. The van der Waals surface area contributed by atoms with Crippen molar-refractivity contribution in [3.8, 4) is 5.75 Å². The van der Waals surface area contributed by atoms with Gasteiger partial charge in [-0.1, -0.05) is 12.1 Å². The maximum Gasteiger partial charge on any atom is 0.292 e. The van der Waals surface area contributed by atoms with Gasteiger partial charge in [0.25, 0.3) is 5.69 Å². The van der Waals surface area contributed by atoms with Gasteiger partial charge in [0.2, 0.25) is 11.8 Å². The fraction of sp³-hybridized carbons (Fsp3) is 0.333. The average Bonchev–Trinajstić information content (AvgIpc) is 2.73. The summed E-state index contributed by atoms with van der Waals surface area (Å²) in [4.78, 5) is 36.9. The first-order valence-corrected chi connectivity index (χ1v) is 9.64. The monoisotopic (exact) mass is 412 g/mol. The van der Waals surface area contributed by atoms with E-state index in [1.807, 2.05) is 4.90 Å². The van der Waals surface area contributed by atoms with Crippen LogP contribution in [0.5, 0.6) is 5.75 Å². The minimum absolute atomic E-state index is 0.0733. The van der Waals surface area contributed by atoms with E-state index < -0.39 is 0 Å². The number of nitro benzene ring substituents is 1. The number of nitrogens with zero attached hydrogens (tertiary/aromatic N) is 2. The highest BCUT2D eigenvalue weighted by atomic mass is 16.6. The maximum absolute atomic E-state index is 12.7. The van der Waals surface area contributed by atoms with Crippen molar-refractivity contribution in [2.45, 2.75) is 19.8 Å². The fourth-order valence-corrected chi connectivity index (χ4v) is 3.59. The number of methoxy groups -OCH3 is 1. The maximum atomic E-state index is 12.7. The van der Waals surface area contributed by atoms with E-state index in [1.165, 1.54) is 20.1 Å². The smallest absolute Gasteiger partial charge is 0.292 e. The van der Waals surface area contributed by atoms with Crippen LogP contribution in [0, 0.1) is 16.0 Å². The number of benzene rings is 2. The van der Waals surface area contributed by atoms with Gasteiger partial charge in [-0.3, -0.25) is 19.7 Å². The van der Waals surface area contributed by atoms with E-state index >= 15 is 0 Å². The molecule has 9 nitrogen and oxygen atoms in total. The van der Waals surface area contributed by atoms with Crippen LogP contribution in [-0.4, -0.2) is 36.9 Å². The normalized spacial score (nSPS) is 14.1. The number of carbonyl (C=O) groups excluding carboxylic acids is 2. The number of carbonyl (C=O) groups is 2. The van der Waals surface area contributed by atoms with Gasteiger partial charge < -0.3 is 20.3 Å². The first-order chi connectivity index (χ1) is 14.4. The quantitative estimate of drug-likeness (QED) is 0.555. The molecule has 2 aromatic rings. The van der Waals surface area contributed by atoms with Crippen molar-refractivity contribution in [1.82, 2.24) is 0 Å². The Kier molecular flexibility index (Phi) is 6.51. The molecule has 2 N–H and O–H groups in total. The lowest BCUT2D eigenvalue weighted by atomic mass is 9.95. The standard InChI is InChI=1S/C21H24N4O5/c1-14(26)22-17-13-16(7-8-20(17)30-2)23-21(27)15-9-11-24(12-10-15)18-5-3-4-6-19(18)25(28)29/h3-8,13,15H,9-12H2,1-2H3,(H,22,26)(H,23,27). The number of hydrogen-bond acceptors (Lipinski definition) is 6. The van der Waals surface area contributed by atoms with Crippen LogP contribution in [0.1, 0.15) is 19.8 Å². The molecule has 0 spiro atoms. The molecule has 1 aliphatic rings. The van der Waals surface area contributed by atoms with Gasteiger partial charge in [-0.2, -0.15) is 0 Å². The fourth-order valence-electron chi connectivity index (χ4n) is 3.59. The summed E-state index contributed by atoms with van der Waals surface area (Å²) >= 11 is 0. The van der Waals surface area contributed by atoms with Crippen LogP contribution in [0.2, 0.25) is 0 Å². The van der Waals surface area contributed by atoms with Crippen LogP contribution < -0.4 is 20.3 Å². The molecular formula is C21H24N4O5. The van der Waals surface area contributed by atoms with Gasteiger partial charge in [0.05, 0.1) is 17.7 Å². The van der Waals surface area contributed by atoms with Crippen molar-refractivity contribution in [3.63, 3.8) is 0 Å². The number of anilines is 3. The zero-order valence-corrected chi connectivity index (χ0v) is 16.9. The lowest BCUT2D eigenvalue weighted by Gasteiger charge is -2.32. The lowest BCUT2D eigenvalue weighted by molar-refractivity contribution is -0.384. The molecule has 0 atom stereocenters. The molecule has 9 heteroatoms. The molecule has 1 heterocycles. The van der Waals surface area contributed by atoms with Gasteiger partial charge in [0.15, 0.2) is 0 Å². The zero-order chi connectivity index (χ0) is 21.7. The van der Waals surface area contributed by atoms with Gasteiger partial charge in [-0.15, -0.1) is 0 Å². The summed E-state index contributed by atoms with van der Waals surface area (Å²) in [5.74, 6) is -0.0494. The van der Waals surface area contributed by atoms with Crippen molar-refractivity contribution in [2.75, 3.05) is 35.7 Å². The first kappa shape index (κ1) is 21.1. The number of amides is 2. The molecule has 0 bridgehead atoms. The molecular weight excluding hydrogens is 388 g/mol. The Morgan fingerprint density at radius 1 is 1.13 bits per heavy atom. The topological polar surface area (TPSA) is 114 Å². The Bertz CT molecular complexity index is 954. The average molecular weight is 412 g/mol. The van der Waals surface area contributed by atoms with Crippen molar-refractivity contribution >= 4 is 34.6 Å². The summed E-state index contributed by atoms with van der Waals surface area (Å²) in [5, 5.41) is 16.8. The number of piperidine rings is 1. The van der Waals surface area contributed by atoms with Crippen LogP contribution in [0.4, 0.5) is 22.7 Å². The number of ether oxygens (including phenoxy) is 1. The highest BCUT2D eigenvalue weighted by Crippen LogP contribution is 2.32. The summed E-state index contributed by atoms with van der Waals surface area (Å²) in [5.41, 5.74) is 1.69. The second kappa shape index (κ2) is 9.25. The van der Waals surface area contributed by atoms with Crippen LogP contribution in [0.15, 0.2) is 42.5 Å². The summed E-state index contributed by atoms with van der Waals surface area (Å²) in [6.07, 6.45) is 1.18. The predicted molar refractivity (Wildman–Crippen MR) is 114 cm³/mol. The Morgan fingerprint density at radius 2 is 1.83 bits per heavy atom. The molecule has 2 aromatic carbocycles. The number of para-hydroxylation sites is 2. The van der Waals surface area contributed by atoms with E-state index in [0.29, 0.717) is 48.7 Å².